The summed E-state index contributed by atoms with van der Waals surface area (Å²) < 4.78 is 4.79. The van der Waals surface area contributed by atoms with Crippen LogP contribution in [-0.4, -0.2) is 5.16 Å². The van der Waals surface area contributed by atoms with Gasteiger partial charge in [0, 0.05) is 6.07 Å². The molecular weight excluding hydrogens is 138 g/mol. The van der Waals surface area contributed by atoms with Crippen molar-refractivity contribution >= 4 is 11.6 Å². The molecule has 0 bridgehead atoms. The van der Waals surface area contributed by atoms with Crippen molar-refractivity contribution in [1.82, 2.24) is 5.16 Å². The number of alkyl halides is 1. The van der Waals surface area contributed by atoms with Crippen molar-refractivity contribution < 1.29 is 4.52 Å². The highest BCUT2D eigenvalue weighted by atomic mass is 35.5. The van der Waals surface area contributed by atoms with E-state index in [1.54, 1.807) is 0 Å². The number of nitrogens with zero attached hydrogens (tertiary/aromatic N) is 1. The van der Waals surface area contributed by atoms with Crippen LogP contribution in [0.1, 0.15) is 23.8 Å². The Balaban J connectivity index is 2.85. The molecule has 0 aliphatic rings. The molecule has 1 atom stereocenters. The molecule has 50 valence electrons. The van der Waals surface area contributed by atoms with Gasteiger partial charge in [0.2, 0.25) is 0 Å². The Labute approximate surface area is 58.8 Å². The van der Waals surface area contributed by atoms with E-state index in [2.05, 4.69) is 5.16 Å². The van der Waals surface area contributed by atoms with Gasteiger partial charge in [-0.25, -0.2) is 0 Å². The Morgan fingerprint density at radius 3 is 2.67 bits per heavy atom. The summed E-state index contributed by atoms with van der Waals surface area (Å²) in [5.41, 5.74) is 0.800. The molecule has 0 spiro atoms. The Morgan fingerprint density at radius 1 is 1.78 bits per heavy atom. The number of aryl methyl sites for hydroxylation is 1. The van der Waals surface area contributed by atoms with Crippen LogP contribution in [0.3, 0.4) is 0 Å². The van der Waals surface area contributed by atoms with E-state index < -0.39 is 0 Å². The Kier molecular flexibility index (Phi) is 1.76. The first-order valence-electron chi connectivity index (χ1n) is 2.77. The fraction of sp³-hybridized carbons (Fsp3) is 0.500. The van der Waals surface area contributed by atoms with E-state index in [1.807, 2.05) is 19.9 Å². The predicted octanol–water partition coefficient (Wildman–Crippen LogP) is 2.28. The maximum atomic E-state index is 5.69. The lowest BCUT2D eigenvalue weighted by atomic mass is 10.3. The average molecular weight is 146 g/mol. The minimum absolute atomic E-state index is 0.0533. The lowest BCUT2D eigenvalue weighted by Gasteiger charge is -1.89. The van der Waals surface area contributed by atoms with Gasteiger partial charge in [0.05, 0.1) is 5.38 Å². The number of halogens is 1. The van der Waals surface area contributed by atoms with E-state index in [1.165, 1.54) is 0 Å². The van der Waals surface area contributed by atoms with Crippen LogP contribution in [0.4, 0.5) is 0 Å². The third-order valence-electron chi connectivity index (χ3n) is 1.05. The molecule has 3 heteroatoms. The first-order chi connectivity index (χ1) is 4.20. The molecule has 0 aromatic carbocycles. The molecule has 0 aliphatic carbocycles. The zero-order chi connectivity index (χ0) is 6.85. The molecule has 0 fully saturated rings. The molecule has 1 heterocycles. The van der Waals surface area contributed by atoms with Crippen molar-refractivity contribution in [2.45, 2.75) is 19.2 Å². The summed E-state index contributed by atoms with van der Waals surface area (Å²) in [6.07, 6.45) is 0. The topological polar surface area (TPSA) is 26.0 Å². The monoisotopic (exact) mass is 145 g/mol. The van der Waals surface area contributed by atoms with Crippen LogP contribution in [0.25, 0.3) is 0 Å². The number of aromatic nitrogens is 1. The maximum Gasteiger partial charge on any atom is 0.133 e. The van der Waals surface area contributed by atoms with E-state index in [0.29, 0.717) is 0 Å². The summed E-state index contributed by atoms with van der Waals surface area (Å²) in [5.74, 6) is 0.803. The second kappa shape index (κ2) is 2.40. The summed E-state index contributed by atoms with van der Waals surface area (Å²) >= 11 is 5.69. The van der Waals surface area contributed by atoms with Gasteiger partial charge in [-0.05, 0) is 13.8 Å². The summed E-state index contributed by atoms with van der Waals surface area (Å²) in [4.78, 5) is 0. The van der Waals surface area contributed by atoms with Gasteiger partial charge < -0.3 is 4.52 Å². The van der Waals surface area contributed by atoms with Crippen LogP contribution in [0.5, 0.6) is 0 Å². The summed E-state index contributed by atoms with van der Waals surface area (Å²) in [5, 5.41) is 3.66. The van der Waals surface area contributed by atoms with Crippen LogP contribution in [0.2, 0.25) is 0 Å². The highest BCUT2D eigenvalue weighted by molar-refractivity contribution is 6.20. The van der Waals surface area contributed by atoms with Gasteiger partial charge >= 0.3 is 0 Å². The van der Waals surface area contributed by atoms with Gasteiger partial charge in [-0.3, -0.25) is 0 Å². The van der Waals surface area contributed by atoms with Crippen molar-refractivity contribution in [3.8, 4) is 0 Å². The van der Waals surface area contributed by atoms with E-state index in [-0.39, 0.29) is 5.38 Å². The number of rotatable bonds is 1. The van der Waals surface area contributed by atoms with Crippen molar-refractivity contribution in [1.29, 1.82) is 0 Å². The lowest BCUT2D eigenvalue weighted by Crippen LogP contribution is -1.80. The molecule has 0 radical (unpaired) electrons. The van der Waals surface area contributed by atoms with Gasteiger partial charge in [0.25, 0.3) is 0 Å². The summed E-state index contributed by atoms with van der Waals surface area (Å²) in [6.45, 7) is 3.70. The third-order valence-corrected chi connectivity index (χ3v) is 1.28. The number of hydrogen-bond acceptors (Lipinski definition) is 2. The largest absolute Gasteiger partial charge is 0.361 e. The quantitative estimate of drug-likeness (QED) is 0.567. The van der Waals surface area contributed by atoms with Crippen molar-refractivity contribution in [3.05, 3.63) is 17.5 Å². The molecule has 0 N–H and O–H groups in total. The highest BCUT2D eigenvalue weighted by Crippen LogP contribution is 2.17. The molecule has 0 saturated carbocycles. The first kappa shape index (κ1) is 6.62. The van der Waals surface area contributed by atoms with Gasteiger partial charge in [-0.2, -0.15) is 0 Å². The molecule has 9 heavy (non-hydrogen) atoms. The zero-order valence-electron chi connectivity index (χ0n) is 5.39. The lowest BCUT2D eigenvalue weighted by molar-refractivity contribution is 0.390. The fourth-order valence-electron chi connectivity index (χ4n) is 0.573. The van der Waals surface area contributed by atoms with Crippen molar-refractivity contribution in [2.75, 3.05) is 0 Å². The van der Waals surface area contributed by atoms with Crippen molar-refractivity contribution in [2.24, 2.45) is 0 Å². The molecule has 0 saturated heterocycles. The highest BCUT2D eigenvalue weighted by Gasteiger charge is 2.04. The van der Waals surface area contributed by atoms with Gasteiger partial charge in [0.15, 0.2) is 0 Å². The molecule has 1 rings (SSSR count). The van der Waals surface area contributed by atoms with Crippen LogP contribution in [0.15, 0.2) is 10.6 Å². The fourth-order valence-corrected chi connectivity index (χ4v) is 0.676. The predicted molar refractivity (Wildman–Crippen MR) is 35.5 cm³/mol. The van der Waals surface area contributed by atoms with Crippen LogP contribution < -0.4 is 0 Å². The van der Waals surface area contributed by atoms with E-state index in [0.717, 1.165) is 11.5 Å². The molecular formula is C6H8ClNO. The van der Waals surface area contributed by atoms with Gasteiger partial charge in [-0.15, -0.1) is 11.6 Å². The minimum atomic E-state index is -0.0533. The normalized spacial score (nSPS) is 13.7. The summed E-state index contributed by atoms with van der Waals surface area (Å²) in [6, 6.07) is 1.83. The zero-order valence-corrected chi connectivity index (χ0v) is 6.14. The molecule has 1 unspecified atom stereocenters. The number of hydrogen-bond donors (Lipinski definition) is 0. The standard InChI is InChI=1S/C6H8ClNO/c1-4-3-6(5(2)7)8-9-4/h3,5H,1-2H3. The Bertz CT molecular complexity index is 195. The van der Waals surface area contributed by atoms with Crippen LogP contribution in [0, 0.1) is 6.92 Å². The summed E-state index contributed by atoms with van der Waals surface area (Å²) in [7, 11) is 0. The molecule has 2 nitrogen and oxygen atoms in total. The Hall–Kier alpha value is -0.500. The Morgan fingerprint density at radius 2 is 2.44 bits per heavy atom. The smallest absolute Gasteiger partial charge is 0.133 e. The molecule has 0 amide bonds. The van der Waals surface area contributed by atoms with Gasteiger partial charge in [-0.1, -0.05) is 5.16 Å². The molecule has 0 aliphatic heterocycles. The van der Waals surface area contributed by atoms with Gasteiger partial charge in [0.1, 0.15) is 11.5 Å². The SMILES string of the molecule is Cc1cc(C(C)Cl)no1. The van der Waals surface area contributed by atoms with Crippen molar-refractivity contribution in [3.63, 3.8) is 0 Å². The van der Waals surface area contributed by atoms with Crippen LogP contribution in [-0.2, 0) is 0 Å². The van der Waals surface area contributed by atoms with E-state index in [9.17, 15) is 0 Å². The minimum Gasteiger partial charge on any atom is -0.361 e. The molecule has 1 aromatic rings. The third kappa shape index (κ3) is 1.45. The maximum absolute atomic E-state index is 5.69. The van der Waals surface area contributed by atoms with E-state index in [4.69, 9.17) is 16.1 Å². The molecule has 1 aromatic heterocycles. The van der Waals surface area contributed by atoms with Crippen LogP contribution >= 0.6 is 11.6 Å². The average Bonchev–Trinajstić information content (AvgIpc) is 2.14. The first-order valence-corrected chi connectivity index (χ1v) is 3.21. The van der Waals surface area contributed by atoms with E-state index >= 15 is 0 Å². The second-order valence-corrected chi connectivity index (χ2v) is 2.63. The second-order valence-electron chi connectivity index (χ2n) is 1.98.